The molecule has 0 spiro atoms. The number of nitrogens with one attached hydrogen (secondary N) is 1. The smallest absolute Gasteiger partial charge is 0.407 e. The molecule has 8 heteroatoms. The van der Waals surface area contributed by atoms with E-state index >= 15 is 0 Å². The monoisotopic (exact) mass is 602 g/mol. The number of nitrogens with two attached hydrogens (primary N) is 1. The highest BCUT2D eigenvalue weighted by Crippen LogP contribution is 2.15. The zero-order valence-corrected chi connectivity index (χ0v) is 26.1. The van der Waals surface area contributed by atoms with Gasteiger partial charge in [0.25, 0.3) is 0 Å². The van der Waals surface area contributed by atoms with E-state index in [1.165, 1.54) is 51.1 Å². The Hall–Kier alpha value is -3.59. The Labute approximate surface area is 263 Å². The van der Waals surface area contributed by atoms with E-state index in [9.17, 15) is 4.79 Å². The number of benzene rings is 3. The first kappa shape index (κ1) is 33.3. The molecule has 238 valence electrons. The maximum atomic E-state index is 11.7. The van der Waals surface area contributed by atoms with Gasteiger partial charge in [-0.2, -0.15) is 0 Å². The Bertz CT molecular complexity index is 1180. The molecule has 0 bridgehead atoms. The zero-order chi connectivity index (χ0) is 30.7. The average molecular weight is 603 g/mol. The molecule has 0 radical (unpaired) electrons. The molecule has 2 heterocycles. The van der Waals surface area contributed by atoms with Crippen molar-refractivity contribution in [3.05, 3.63) is 95.6 Å². The molecule has 1 amide bonds. The van der Waals surface area contributed by atoms with Crippen LogP contribution >= 0.6 is 0 Å². The Balaban J connectivity index is 0.000000223. The fourth-order valence-corrected chi connectivity index (χ4v) is 4.92. The molecule has 0 aliphatic carbocycles. The minimum atomic E-state index is -0.388. The predicted molar refractivity (Wildman–Crippen MR) is 176 cm³/mol. The number of rotatable bonds is 17. The molecule has 5 rings (SSSR count). The van der Waals surface area contributed by atoms with Gasteiger partial charge in [0, 0.05) is 19.6 Å². The van der Waals surface area contributed by atoms with E-state index in [2.05, 4.69) is 27.2 Å². The summed E-state index contributed by atoms with van der Waals surface area (Å²) in [5.74, 6) is 1.87. The van der Waals surface area contributed by atoms with Crippen molar-refractivity contribution in [3.63, 3.8) is 0 Å². The van der Waals surface area contributed by atoms with Gasteiger partial charge in [-0.1, -0.05) is 54.6 Å². The number of alkyl carbamates (subject to hydrolysis) is 1. The molecule has 3 N–H and O–H groups in total. The van der Waals surface area contributed by atoms with Gasteiger partial charge < -0.3 is 35.1 Å². The van der Waals surface area contributed by atoms with Crippen LogP contribution in [0.4, 0.5) is 4.79 Å². The molecule has 44 heavy (non-hydrogen) atoms. The fourth-order valence-electron chi connectivity index (χ4n) is 4.92. The Morgan fingerprint density at radius 2 is 1.20 bits per heavy atom. The van der Waals surface area contributed by atoms with Gasteiger partial charge in [-0.15, -0.1) is 0 Å². The molecule has 2 aliphatic rings. The van der Waals surface area contributed by atoms with Crippen molar-refractivity contribution in [3.8, 4) is 11.5 Å². The van der Waals surface area contributed by atoms with Gasteiger partial charge >= 0.3 is 6.09 Å². The van der Waals surface area contributed by atoms with E-state index in [0.29, 0.717) is 13.1 Å². The van der Waals surface area contributed by atoms with E-state index in [0.717, 1.165) is 68.1 Å². The minimum Gasteiger partial charge on any atom is -0.494 e. The van der Waals surface area contributed by atoms with Crippen molar-refractivity contribution in [2.75, 3.05) is 65.6 Å². The lowest BCUT2D eigenvalue weighted by molar-refractivity contribution is 0.140. The van der Waals surface area contributed by atoms with E-state index in [1.54, 1.807) is 0 Å². The Morgan fingerprint density at radius 3 is 1.68 bits per heavy atom. The largest absolute Gasteiger partial charge is 0.494 e. The highest BCUT2D eigenvalue weighted by atomic mass is 16.5. The van der Waals surface area contributed by atoms with E-state index < -0.39 is 0 Å². The van der Waals surface area contributed by atoms with Gasteiger partial charge in [-0.3, -0.25) is 0 Å². The topological polar surface area (TPSA) is 89.3 Å². The molecule has 2 saturated heterocycles. The number of carbonyl (C=O) groups is 1. The van der Waals surface area contributed by atoms with Crippen LogP contribution < -0.4 is 20.5 Å². The van der Waals surface area contributed by atoms with Crippen LogP contribution in [-0.2, 0) is 24.2 Å². The highest BCUT2D eigenvalue weighted by molar-refractivity contribution is 5.67. The third-order valence-corrected chi connectivity index (χ3v) is 7.85. The molecular formula is C36H50N4O4. The van der Waals surface area contributed by atoms with Crippen molar-refractivity contribution < 1.29 is 19.0 Å². The van der Waals surface area contributed by atoms with Crippen molar-refractivity contribution in [2.24, 2.45) is 5.73 Å². The molecule has 3 aromatic carbocycles. The number of carbonyl (C=O) groups excluding carboxylic acids is 1. The summed E-state index contributed by atoms with van der Waals surface area (Å²) in [5.41, 5.74) is 8.92. The lowest BCUT2D eigenvalue weighted by Crippen LogP contribution is -2.38. The third kappa shape index (κ3) is 13.0. The summed E-state index contributed by atoms with van der Waals surface area (Å²) < 4.78 is 16.7. The molecule has 0 unspecified atom stereocenters. The molecule has 0 aromatic heterocycles. The normalized spacial score (nSPS) is 14.4. The van der Waals surface area contributed by atoms with Crippen LogP contribution in [-0.4, -0.2) is 81.5 Å². The van der Waals surface area contributed by atoms with E-state index in [1.807, 2.05) is 66.7 Å². The van der Waals surface area contributed by atoms with Crippen LogP contribution in [0.5, 0.6) is 11.5 Å². The molecular weight excluding hydrogens is 552 g/mol. The SMILES string of the molecule is NCCc1ccc(OCCCN2CCC2)cc1.O=C(NCCc1ccc(OCCCN2CCC2)cc1)OCc1ccccc1. The molecule has 0 saturated carbocycles. The molecule has 3 aromatic rings. The van der Waals surface area contributed by atoms with Gasteiger partial charge in [-0.05, 0) is 112 Å². The van der Waals surface area contributed by atoms with Crippen LogP contribution in [0.15, 0.2) is 78.9 Å². The third-order valence-electron chi connectivity index (χ3n) is 7.85. The number of hydrogen-bond acceptors (Lipinski definition) is 7. The van der Waals surface area contributed by atoms with Crippen LogP contribution in [0.25, 0.3) is 0 Å². The van der Waals surface area contributed by atoms with Crippen LogP contribution in [0.1, 0.15) is 42.4 Å². The lowest BCUT2D eigenvalue weighted by atomic mass is 10.1. The first-order valence-electron chi connectivity index (χ1n) is 16.2. The molecule has 0 atom stereocenters. The minimum absolute atomic E-state index is 0.288. The molecule has 8 nitrogen and oxygen atoms in total. The second-order valence-electron chi connectivity index (χ2n) is 11.4. The maximum Gasteiger partial charge on any atom is 0.407 e. The van der Waals surface area contributed by atoms with Gasteiger partial charge in [0.15, 0.2) is 0 Å². The summed E-state index contributed by atoms with van der Waals surface area (Å²) in [6, 6.07) is 26.0. The lowest BCUT2D eigenvalue weighted by Gasteiger charge is -2.30. The Kier molecular flexibility index (Phi) is 14.9. The summed E-state index contributed by atoms with van der Waals surface area (Å²) in [4.78, 5) is 16.6. The first-order valence-corrected chi connectivity index (χ1v) is 16.2. The summed E-state index contributed by atoms with van der Waals surface area (Å²) >= 11 is 0. The maximum absolute atomic E-state index is 11.7. The first-order chi connectivity index (χ1) is 21.7. The summed E-state index contributed by atoms with van der Waals surface area (Å²) in [6.07, 6.45) is 6.19. The second kappa shape index (κ2) is 19.6. The quantitative estimate of drug-likeness (QED) is 0.203. The van der Waals surface area contributed by atoms with Crippen LogP contribution in [0.2, 0.25) is 0 Å². The van der Waals surface area contributed by atoms with Crippen LogP contribution in [0, 0.1) is 0 Å². The molecule has 2 fully saturated rings. The van der Waals surface area contributed by atoms with Crippen molar-refractivity contribution in [1.29, 1.82) is 0 Å². The predicted octanol–water partition coefficient (Wildman–Crippen LogP) is 5.29. The van der Waals surface area contributed by atoms with Crippen molar-refractivity contribution >= 4 is 6.09 Å². The van der Waals surface area contributed by atoms with E-state index in [4.69, 9.17) is 19.9 Å². The number of likely N-dealkylation sites (tertiary alicyclic amines) is 2. The van der Waals surface area contributed by atoms with Gasteiger partial charge in [0.2, 0.25) is 0 Å². The van der Waals surface area contributed by atoms with Crippen LogP contribution in [0.3, 0.4) is 0 Å². The number of ether oxygens (including phenoxy) is 3. The van der Waals surface area contributed by atoms with Gasteiger partial charge in [0.05, 0.1) is 13.2 Å². The number of hydrogen-bond donors (Lipinski definition) is 2. The Morgan fingerprint density at radius 1 is 0.682 bits per heavy atom. The second-order valence-corrected chi connectivity index (χ2v) is 11.4. The summed E-state index contributed by atoms with van der Waals surface area (Å²) in [5, 5.41) is 2.78. The zero-order valence-electron chi connectivity index (χ0n) is 26.1. The van der Waals surface area contributed by atoms with Crippen molar-refractivity contribution in [2.45, 2.75) is 45.1 Å². The molecule has 2 aliphatic heterocycles. The summed E-state index contributed by atoms with van der Waals surface area (Å²) in [7, 11) is 0. The fraction of sp³-hybridized carbons (Fsp3) is 0.472. The number of amides is 1. The standard InChI is InChI=1S/C22H28N2O3.C14H22N2O/c25-22(27-18-20-6-2-1-3-7-20)23-13-12-19-8-10-21(11-9-19)26-17-5-16-24-14-4-15-24;15-8-7-13-3-5-14(6-4-13)17-12-2-11-16-9-1-10-16/h1-3,6-11H,4-5,12-18H2,(H,23,25);3-6H,1-2,7-12,15H2. The average Bonchev–Trinajstić information content (AvgIpc) is 3.00. The number of nitrogens with zero attached hydrogens (tertiary/aromatic N) is 2. The van der Waals surface area contributed by atoms with E-state index in [-0.39, 0.29) is 12.7 Å². The highest BCUT2D eigenvalue weighted by Gasteiger charge is 2.13. The van der Waals surface area contributed by atoms with Gasteiger partial charge in [0.1, 0.15) is 18.1 Å². The summed E-state index contributed by atoms with van der Waals surface area (Å²) in [6.45, 7) is 10.4. The van der Waals surface area contributed by atoms with Gasteiger partial charge in [-0.25, -0.2) is 4.79 Å². The van der Waals surface area contributed by atoms with Crippen molar-refractivity contribution in [1.82, 2.24) is 15.1 Å².